The number of rotatable bonds is 8. The van der Waals surface area contributed by atoms with Crippen LogP contribution in [0.4, 0.5) is 4.79 Å². The Hall–Kier alpha value is -2.58. The molecule has 0 aliphatic carbocycles. The van der Waals surface area contributed by atoms with Crippen LogP contribution in [0.2, 0.25) is 0 Å². The van der Waals surface area contributed by atoms with Crippen molar-refractivity contribution in [1.82, 2.24) is 15.1 Å². The molecular formula is C27H35N3O4S. The predicted octanol–water partition coefficient (Wildman–Crippen LogP) is 4.31. The number of fused-ring (bicyclic) bond motifs is 1. The number of hydrogen-bond acceptors (Lipinski definition) is 6. The molecule has 3 aliphatic heterocycles. The Labute approximate surface area is 211 Å². The number of imide groups is 1. The first-order valence-corrected chi connectivity index (χ1v) is 13.6. The quantitative estimate of drug-likeness (QED) is 0.551. The molecular weight excluding hydrogens is 462 g/mol. The molecule has 1 aromatic heterocycles. The lowest BCUT2D eigenvalue weighted by atomic mass is 9.73. The summed E-state index contributed by atoms with van der Waals surface area (Å²) in [5.74, 6) is 2.06. The van der Waals surface area contributed by atoms with Gasteiger partial charge in [0.2, 0.25) is 0 Å². The fraction of sp³-hybridized carbons (Fsp3) is 0.556. The molecule has 188 valence electrons. The number of thiophene rings is 1. The van der Waals surface area contributed by atoms with Gasteiger partial charge in [0.15, 0.2) is 11.5 Å². The molecule has 0 spiro atoms. The SMILES string of the molecule is CC(C)C[C@@]1(C2CCN(Cc3ccc4c(c3)OCCO4)CC2)NC(=O)N(CCc2cccs2)C1=O. The summed E-state index contributed by atoms with van der Waals surface area (Å²) in [6, 6.07) is 10.0. The van der Waals surface area contributed by atoms with Crippen molar-refractivity contribution in [2.24, 2.45) is 11.8 Å². The summed E-state index contributed by atoms with van der Waals surface area (Å²) < 4.78 is 11.4. The molecule has 0 radical (unpaired) electrons. The Morgan fingerprint density at radius 3 is 2.60 bits per heavy atom. The van der Waals surface area contributed by atoms with Gasteiger partial charge in [0.05, 0.1) is 0 Å². The number of ether oxygens (including phenoxy) is 2. The first-order chi connectivity index (χ1) is 16.9. The summed E-state index contributed by atoms with van der Waals surface area (Å²) in [6.45, 7) is 8.53. The maximum absolute atomic E-state index is 13.7. The number of carbonyl (C=O) groups excluding carboxylic acids is 2. The van der Waals surface area contributed by atoms with Gasteiger partial charge in [0, 0.05) is 18.0 Å². The van der Waals surface area contributed by atoms with Crippen LogP contribution in [-0.4, -0.2) is 60.1 Å². The monoisotopic (exact) mass is 497 g/mol. The van der Waals surface area contributed by atoms with Crippen LogP contribution in [-0.2, 0) is 17.8 Å². The molecule has 7 nitrogen and oxygen atoms in total. The number of nitrogens with one attached hydrogen (secondary N) is 1. The first-order valence-electron chi connectivity index (χ1n) is 12.7. The number of benzene rings is 1. The second kappa shape index (κ2) is 10.2. The number of nitrogens with zero attached hydrogens (tertiary/aromatic N) is 2. The topological polar surface area (TPSA) is 71.1 Å². The Balaban J connectivity index is 1.24. The Kier molecular flexibility index (Phi) is 7.02. The molecule has 0 bridgehead atoms. The molecule has 1 atom stereocenters. The van der Waals surface area contributed by atoms with E-state index in [4.69, 9.17) is 9.47 Å². The molecule has 35 heavy (non-hydrogen) atoms. The molecule has 3 aliphatic rings. The maximum atomic E-state index is 13.7. The van der Waals surface area contributed by atoms with Crippen molar-refractivity contribution in [1.29, 1.82) is 0 Å². The maximum Gasteiger partial charge on any atom is 0.325 e. The minimum atomic E-state index is -0.788. The van der Waals surface area contributed by atoms with E-state index in [-0.39, 0.29) is 17.9 Å². The van der Waals surface area contributed by atoms with Crippen LogP contribution in [0.3, 0.4) is 0 Å². The van der Waals surface area contributed by atoms with Crippen LogP contribution in [0.1, 0.15) is 43.6 Å². The summed E-state index contributed by atoms with van der Waals surface area (Å²) in [7, 11) is 0. The zero-order valence-corrected chi connectivity index (χ0v) is 21.4. The highest BCUT2D eigenvalue weighted by atomic mass is 32.1. The smallest absolute Gasteiger partial charge is 0.325 e. The van der Waals surface area contributed by atoms with Crippen molar-refractivity contribution in [3.05, 3.63) is 46.2 Å². The molecule has 0 saturated carbocycles. The average Bonchev–Trinajstić information content (AvgIpc) is 3.45. The van der Waals surface area contributed by atoms with E-state index in [1.165, 1.54) is 15.3 Å². The number of piperidine rings is 1. The third kappa shape index (κ3) is 5.05. The van der Waals surface area contributed by atoms with E-state index in [1.807, 2.05) is 17.5 Å². The molecule has 3 amide bonds. The number of likely N-dealkylation sites (tertiary alicyclic amines) is 1. The molecule has 0 unspecified atom stereocenters. The van der Waals surface area contributed by atoms with E-state index < -0.39 is 5.54 Å². The summed E-state index contributed by atoms with van der Waals surface area (Å²) in [4.78, 5) is 31.8. The predicted molar refractivity (Wildman–Crippen MR) is 136 cm³/mol. The molecule has 1 aromatic carbocycles. The molecule has 2 aromatic rings. The van der Waals surface area contributed by atoms with E-state index in [1.54, 1.807) is 11.3 Å². The second-order valence-electron chi connectivity index (χ2n) is 10.3. The van der Waals surface area contributed by atoms with Crippen molar-refractivity contribution in [3.63, 3.8) is 0 Å². The summed E-state index contributed by atoms with van der Waals surface area (Å²) >= 11 is 1.67. The minimum absolute atomic E-state index is 0.0296. The van der Waals surface area contributed by atoms with Gasteiger partial charge in [-0.2, -0.15) is 0 Å². The number of urea groups is 1. The van der Waals surface area contributed by atoms with E-state index in [0.29, 0.717) is 38.5 Å². The minimum Gasteiger partial charge on any atom is -0.486 e. The Morgan fingerprint density at radius 2 is 1.89 bits per heavy atom. The largest absolute Gasteiger partial charge is 0.486 e. The average molecular weight is 498 g/mol. The second-order valence-corrected chi connectivity index (χ2v) is 11.3. The van der Waals surface area contributed by atoms with E-state index in [0.717, 1.165) is 44.0 Å². The van der Waals surface area contributed by atoms with Gasteiger partial charge in [-0.15, -0.1) is 11.3 Å². The summed E-state index contributed by atoms with van der Waals surface area (Å²) in [5, 5.41) is 5.22. The van der Waals surface area contributed by atoms with Gasteiger partial charge >= 0.3 is 6.03 Å². The van der Waals surface area contributed by atoms with Crippen molar-refractivity contribution in [2.75, 3.05) is 32.8 Å². The van der Waals surface area contributed by atoms with Gasteiger partial charge in [0.1, 0.15) is 18.8 Å². The number of hydrogen-bond donors (Lipinski definition) is 1. The van der Waals surface area contributed by atoms with Crippen LogP contribution in [0.15, 0.2) is 35.7 Å². The van der Waals surface area contributed by atoms with E-state index >= 15 is 0 Å². The van der Waals surface area contributed by atoms with Gasteiger partial charge in [0.25, 0.3) is 5.91 Å². The highest BCUT2D eigenvalue weighted by Gasteiger charge is 2.55. The molecule has 5 rings (SSSR count). The molecule has 2 fully saturated rings. The van der Waals surface area contributed by atoms with Crippen molar-refractivity contribution < 1.29 is 19.1 Å². The number of amides is 3. The zero-order chi connectivity index (χ0) is 24.4. The van der Waals surface area contributed by atoms with Crippen LogP contribution < -0.4 is 14.8 Å². The fourth-order valence-electron chi connectivity index (χ4n) is 5.78. The molecule has 1 N–H and O–H groups in total. The van der Waals surface area contributed by atoms with E-state index in [2.05, 4.69) is 42.3 Å². The van der Waals surface area contributed by atoms with Crippen molar-refractivity contribution in [2.45, 2.75) is 51.6 Å². The third-order valence-corrected chi connectivity index (χ3v) is 8.33. The van der Waals surface area contributed by atoms with Crippen LogP contribution in [0.5, 0.6) is 11.5 Å². The van der Waals surface area contributed by atoms with Crippen LogP contribution in [0.25, 0.3) is 0 Å². The van der Waals surface area contributed by atoms with Gasteiger partial charge < -0.3 is 14.8 Å². The highest BCUT2D eigenvalue weighted by Crippen LogP contribution is 2.39. The lowest BCUT2D eigenvalue weighted by molar-refractivity contribution is -0.134. The standard InChI is InChI=1S/C27H35N3O4S/c1-19(2)17-27(25(31)30(26(32)28-27)12-9-22-4-3-15-35-22)21-7-10-29(11-8-21)18-20-5-6-23-24(16-20)34-14-13-33-23/h3-6,15-16,19,21H,7-14,17-18H2,1-2H3,(H,28,32)/t27-/m0/s1. The fourth-order valence-corrected chi connectivity index (χ4v) is 6.48. The lowest BCUT2D eigenvalue weighted by Gasteiger charge is -2.41. The number of carbonyl (C=O) groups is 2. The summed E-state index contributed by atoms with van der Waals surface area (Å²) in [6.07, 6.45) is 3.17. The lowest BCUT2D eigenvalue weighted by Crippen LogP contribution is -2.56. The molecule has 4 heterocycles. The van der Waals surface area contributed by atoms with Gasteiger partial charge in [-0.1, -0.05) is 26.0 Å². The molecule has 2 saturated heterocycles. The normalized spacial score (nSPS) is 23.2. The van der Waals surface area contributed by atoms with Gasteiger partial charge in [-0.3, -0.25) is 14.6 Å². The highest BCUT2D eigenvalue weighted by molar-refractivity contribution is 7.09. The van der Waals surface area contributed by atoms with Crippen LogP contribution in [0, 0.1) is 11.8 Å². The summed E-state index contributed by atoms with van der Waals surface area (Å²) in [5.41, 5.74) is 0.415. The Morgan fingerprint density at radius 1 is 1.11 bits per heavy atom. The Bertz CT molecular complexity index is 1050. The third-order valence-electron chi connectivity index (χ3n) is 7.39. The van der Waals surface area contributed by atoms with Crippen molar-refractivity contribution >= 4 is 23.3 Å². The zero-order valence-electron chi connectivity index (χ0n) is 20.6. The van der Waals surface area contributed by atoms with Gasteiger partial charge in [-0.25, -0.2) is 4.79 Å². The first kappa shape index (κ1) is 24.1. The van der Waals surface area contributed by atoms with Crippen molar-refractivity contribution in [3.8, 4) is 11.5 Å². The van der Waals surface area contributed by atoms with Crippen LogP contribution >= 0.6 is 11.3 Å². The van der Waals surface area contributed by atoms with E-state index in [9.17, 15) is 9.59 Å². The van der Waals surface area contributed by atoms with Gasteiger partial charge in [-0.05, 0) is 79.8 Å². The molecule has 8 heteroatoms.